The van der Waals surface area contributed by atoms with Crippen LogP contribution in [-0.2, 0) is 11.2 Å². The molecule has 0 aliphatic carbocycles. The molecule has 0 atom stereocenters. The van der Waals surface area contributed by atoms with Crippen molar-refractivity contribution in [2.24, 2.45) is 0 Å². The van der Waals surface area contributed by atoms with E-state index in [4.69, 9.17) is 9.16 Å². The monoisotopic (exact) mass is 348 g/mol. The molecule has 0 bridgehead atoms. The van der Waals surface area contributed by atoms with Gasteiger partial charge in [0.1, 0.15) is 11.5 Å². The van der Waals surface area contributed by atoms with Crippen molar-refractivity contribution in [3.8, 4) is 11.5 Å². The van der Waals surface area contributed by atoms with Gasteiger partial charge in [0.25, 0.3) is 8.32 Å². The first-order valence-corrected chi connectivity index (χ1v) is 11.6. The number of rotatable bonds is 2. The number of ketones is 1. The molecule has 0 unspecified atom stereocenters. The topological polar surface area (TPSA) is 35.5 Å². The minimum absolute atomic E-state index is 0.125. The second kappa shape index (κ2) is 5.62. The molecule has 1 heterocycles. The smallest absolute Gasteiger partial charge is 0.250 e. The van der Waals surface area contributed by atoms with Gasteiger partial charge in [-0.3, -0.25) is 4.79 Å². The van der Waals surface area contributed by atoms with Gasteiger partial charge in [0, 0.05) is 12.0 Å². The Morgan fingerprint density at radius 2 is 1.58 bits per heavy atom. The third kappa shape index (κ3) is 3.01. The Hall–Kier alpha value is -1.29. The minimum Gasteiger partial charge on any atom is -0.543 e. The zero-order valence-electron chi connectivity index (χ0n) is 16.9. The molecule has 4 heteroatoms. The molecule has 0 amide bonds. The van der Waals surface area contributed by atoms with Gasteiger partial charge < -0.3 is 9.16 Å². The van der Waals surface area contributed by atoms with E-state index >= 15 is 0 Å². The zero-order valence-corrected chi connectivity index (χ0v) is 17.9. The average Bonchev–Trinajstić information content (AvgIpc) is 2.42. The summed E-state index contributed by atoms with van der Waals surface area (Å²) in [6.45, 7) is 21.2. The Labute approximate surface area is 147 Å². The molecule has 0 fully saturated rings. The minimum atomic E-state index is -1.95. The third-order valence-electron chi connectivity index (χ3n) is 5.84. The van der Waals surface area contributed by atoms with E-state index in [1.807, 2.05) is 13.8 Å². The highest BCUT2D eigenvalue weighted by Crippen LogP contribution is 2.45. The molecular formula is C20H32O3Si. The lowest BCUT2D eigenvalue weighted by Gasteiger charge is -2.39. The van der Waals surface area contributed by atoms with Crippen molar-refractivity contribution in [1.29, 1.82) is 0 Å². The van der Waals surface area contributed by atoms with Crippen LogP contribution < -0.4 is 9.16 Å². The van der Waals surface area contributed by atoms with Gasteiger partial charge in [-0.05, 0) is 69.4 Å². The predicted octanol–water partition coefficient (Wildman–Crippen LogP) is 5.28. The summed E-state index contributed by atoms with van der Waals surface area (Å²) >= 11 is 0. The SMILES string of the molecule is Cc1c(C)c2c(c(C)c1O[Si](C)(C)C(C)(C)C)CC(=O)C(C)(C)O2. The summed E-state index contributed by atoms with van der Waals surface area (Å²) in [6, 6.07) is 0. The number of benzene rings is 1. The maximum absolute atomic E-state index is 12.4. The van der Waals surface area contributed by atoms with Gasteiger partial charge >= 0.3 is 0 Å². The summed E-state index contributed by atoms with van der Waals surface area (Å²) in [5.41, 5.74) is 3.52. The van der Waals surface area contributed by atoms with E-state index in [0.29, 0.717) is 6.42 Å². The van der Waals surface area contributed by atoms with Crippen LogP contribution in [0.4, 0.5) is 0 Å². The highest BCUT2D eigenvalue weighted by atomic mass is 28.4. The lowest BCUT2D eigenvalue weighted by atomic mass is 9.87. The number of Topliss-reactive ketones (excluding diaryl/α,β-unsaturated/α-hetero) is 1. The standard InChI is InChI=1S/C20H32O3Si/c1-12-13(2)18-15(11-16(21)20(7,8)22-18)14(3)17(12)23-24(9,10)19(4,5)6/h11H2,1-10H3. The zero-order chi connectivity index (χ0) is 18.7. The van der Waals surface area contributed by atoms with Crippen LogP contribution in [0.15, 0.2) is 0 Å². The first-order chi connectivity index (χ1) is 10.7. The highest BCUT2D eigenvalue weighted by molar-refractivity contribution is 6.74. The van der Waals surface area contributed by atoms with Crippen LogP contribution in [0.3, 0.4) is 0 Å². The first-order valence-electron chi connectivity index (χ1n) is 8.73. The third-order valence-corrected chi connectivity index (χ3v) is 10.2. The van der Waals surface area contributed by atoms with Crippen molar-refractivity contribution >= 4 is 14.1 Å². The van der Waals surface area contributed by atoms with E-state index in [0.717, 1.165) is 33.8 Å². The summed E-state index contributed by atoms with van der Waals surface area (Å²) in [5.74, 6) is 1.95. The van der Waals surface area contributed by atoms with Gasteiger partial charge in [-0.15, -0.1) is 0 Å². The Kier molecular flexibility index (Phi) is 4.46. The number of hydrogen-bond acceptors (Lipinski definition) is 3. The lowest BCUT2D eigenvalue weighted by molar-refractivity contribution is -0.132. The number of carbonyl (C=O) groups is 1. The average molecular weight is 349 g/mol. The summed E-state index contributed by atoms with van der Waals surface area (Å²) in [5, 5.41) is 0.129. The van der Waals surface area contributed by atoms with Crippen molar-refractivity contribution in [3.05, 3.63) is 22.3 Å². The van der Waals surface area contributed by atoms with E-state index < -0.39 is 13.9 Å². The van der Waals surface area contributed by atoms with Crippen LogP contribution in [0.2, 0.25) is 18.1 Å². The summed E-state index contributed by atoms with van der Waals surface area (Å²) in [4.78, 5) is 12.4. The van der Waals surface area contributed by atoms with E-state index in [1.165, 1.54) is 0 Å². The number of ether oxygens (including phenoxy) is 1. The summed E-state index contributed by atoms with van der Waals surface area (Å²) < 4.78 is 12.7. The first kappa shape index (κ1) is 19.0. The second-order valence-electron chi connectivity index (χ2n) is 9.09. The van der Waals surface area contributed by atoms with Crippen LogP contribution in [0.1, 0.15) is 56.9 Å². The number of hydrogen-bond donors (Lipinski definition) is 0. The van der Waals surface area contributed by atoms with Gasteiger partial charge in [0.2, 0.25) is 0 Å². The van der Waals surface area contributed by atoms with Crippen molar-refractivity contribution in [2.45, 2.75) is 85.5 Å². The molecule has 1 aliphatic rings. The lowest BCUT2D eigenvalue weighted by Crippen LogP contribution is -2.45. The molecule has 1 aromatic carbocycles. The van der Waals surface area contributed by atoms with E-state index in [1.54, 1.807) is 0 Å². The van der Waals surface area contributed by atoms with Gasteiger partial charge in [0.05, 0.1) is 0 Å². The fourth-order valence-corrected chi connectivity index (χ4v) is 3.88. The maximum Gasteiger partial charge on any atom is 0.250 e. The molecule has 0 spiro atoms. The maximum atomic E-state index is 12.4. The summed E-state index contributed by atoms with van der Waals surface area (Å²) in [7, 11) is -1.95. The van der Waals surface area contributed by atoms with Crippen molar-refractivity contribution in [2.75, 3.05) is 0 Å². The summed E-state index contributed by atoms with van der Waals surface area (Å²) in [6.07, 6.45) is 0.420. The molecule has 1 aromatic rings. The fraction of sp³-hybridized carbons (Fsp3) is 0.650. The van der Waals surface area contributed by atoms with Crippen LogP contribution in [-0.4, -0.2) is 19.7 Å². The predicted molar refractivity (Wildman–Crippen MR) is 102 cm³/mol. The van der Waals surface area contributed by atoms with Crippen LogP contribution in [0.5, 0.6) is 11.5 Å². The van der Waals surface area contributed by atoms with Gasteiger partial charge in [0.15, 0.2) is 11.4 Å². The van der Waals surface area contributed by atoms with E-state index in [9.17, 15) is 4.79 Å². The molecule has 0 saturated carbocycles. The molecule has 0 radical (unpaired) electrons. The molecular weight excluding hydrogens is 316 g/mol. The normalized spacial score (nSPS) is 17.3. The van der Waals surface area contributed by atoms with Crippen molar-refractivity contribution < 1.29 is 14.0 Å². The van der Waals surface area contributed by atoms with Crippen LogP contribution >= 0.6 is 0 Å². The Morgan fingerprint density at radius 1 is 1.04 bits per heavy atom. The van der Waals surface area contributed by atoms with Gasteiger partial charge in [-0.1, -0.05) is 20.8 Å². The molecule has 0 saturated heterocycles. The molecule has 134 valence electrons. The van der Waals surface area contributed by atoms with Crippen LogP contribution in [0, 0.1) is 20.8 Å². The molecule has 0 aromatic heterocycles. The quantitative estimate of drug-likeness (QED) is 0.682. The number of fused-ring (bicyclic) bond motifs is 1. The molecule has 24 heavy (non-hydrogen) atoms. The Balaban J connectivity index is 2.61. The highest BCUT2D eigenvalue weighted by Gasteiger charge is 2.42. The molecule has 3 nitrogen and oxygen atoms in total. The van der Waals surface area contributed by atoms with Crippen LogP contribution in [0.25, 0.3) is 0 Å². The van der Waals surface area contributed by atoms with Gasteiger partial charge in [-0.25, -0.2) is 0 Å². The van der Waals surface area contributed by atoms with Crippen molar-refractivity contribution in [3.63, 3.8) is 0 Å². The molecule has 1 aliphatic heterocycles. The largest absolute Gasteiger partial charge is 0.543 e. The fourth-order valence-electron chi connectivity index (χ4n) is 2.75. The molecule has 2 rings (SSSR count). The Bertz CT molecular complexity index is 694. The van der Waals surface area contributed by atoms with E-state index in [-0.39, 0.29) is 10.8 Å². The molecule has 0 N–H and O–H groups in total. The van der Waals surface area contributed by atoms with Crippen molar-refractivity contribution in [1.82, 2.24) is 0 Å². The van der Waals surface area contributed by atoms with Gasteiger partial charge in [-0.2, -0.15) is 0 Å². The van der Waals surface area contributed by atoms with E-state index in [2.05, 4.69) is 54.6 Å². The Morgan fingerprint density at radius 3 is 2.08 bits per heavy atom. The number of carbonyl (C=O) groups excluding carboxylic acids is 1. The second-order valence-corrected chi connectivity index (χ2v) is 13.8.